The molecule has 2 aromatic carbocycles. The normalized spacial score (nSPS) is 13.2. The third-order valence-electron chi connectivity index (χ3n) is 4.69. The van der Waals surface area contributed by atoms with E-state index < -0.39 is 0 Å². The lowest BCUT2D eigenvalue weighted by Gasteiger charge is -2.19. The molecule has 1 N–H and O–H groups in total. The zero-order chi connectivity index (χ0) is 20.2. The molecule has 1 aromatic heterocycles. The molecule has 1 aliphatic heterocycles. The minimum absolute atomic E-state index is 0.139. The van der Waals surface area contributed by atoms with E-state index in [-0.39, 0.29) is 24.5 Å². The highest BCUT2D eigenvalue weighted by Gasteiger charge is 2.20. The molecule has 0 saturated heterocycles. The fourth-order valence-electron chi connectivity index (χ4n) is 3.27. The first-order valence-corrected chi connectivity index (χ1v) is 9.97. The predicted octanol–water partition coefficient (Wildman–Crippen LogP) is 4.36. The molecule has 29 heavy (non-hydrogen) atoms. The van der Waals surface area contributed by atoms with E-state index in [2.05, 4.69) is 21.2 Å². The number of hydrogen-bond acceptors (Lipinski definition) is 5. The molecule has 4 rings (SSSR count). The van der Waals surface area contributed by atoms with Gasteiger partial charge in [0.15, 0.2) is 21.9 Å². The van der Waals surface area contributed by atoms with E-state index in [0.717, 1.165) is 28.4 Å². The van der Waals surface area contributed by atoms with E-state index in [9.17, 15) is 4.79 Å². The number of benzene rings is 2. The highest BCUT2D eigenvalue weighted by atomic mass is 79.9. The van der Waals surface area contributed by atoms with Gasteiger partial charge in [0.2, 0.25) is 6.79 Å². The van der Waals surface area contributed by atoms with Gasteiger partial charge in [0.1, 0.15) is 5.75 Å². The monoisotopic (exact) mass is 457 g/mol. The number of amides is 1. The third kappa shape index (κ3) is 4.74. The topological polar surface area (TPSA) is 69.9 Å². The van der Waals surface area contributed by atoms with Gasteiger partial charge in [0, 0.05) is 6.04 Å². The van der Waals surface area contributed by atoms with Crippen LogP contribution in [0.25, 0.3) is 0 Å². The molecule has 0 saturated carbocycles. The minimum atomic E-state index is -0.255. The van der Waals surface area contributed by atoms with Gasteiger partial charge >= 0.3 is 0 Å². The lowest BCUT2D eigenvalue weighted by atomic mass is 9.98. The zero-order valence-corrected chi connectivity index (χ0v) is 17.4. The molecule has 1 amide bonds. The van der Waals surface area contributed by atoms with Crippen LogP contribution in [-0.4, -0.2) is 25.9 Å². The SMILES string of the molecule is COc1ccc(C[C@H](Cc2ccc3c(c2)OCO3)NC(=O)c2ccc(Br)o2)cc1. The van der Waals surface area contributed by atoms with E-state index in [1.165, 1.54) is 0 Å². The largest absolute Gasteiger partial charge is 0.497 e. The molecule has 6 nitrogen and oxygen atoms in total. The summed E-state index contributed by atoms with van der Waals surface area (Å²) in [5, 5.41) is 3.08. The third-order valence-corrected chi connectivity index (χ3v) is 5.12. The van der Waals surface area contributed by atoms with Crippen molar-refractivity contribution in [3.63, 3.8) is 0 Å². The Balaban J connectivity index is 1.52. The van der Waals surface area contributed by atoms with Crippen molar-refractivity contribution in [1.29, 1.82) is 0 Å². The second-order valence-corrected chi connectivity index (χ2v) is 7.50. The Morgan fingerprint density at radius 2 is 1.76 bits per heavy atom. The van der Waals surface area contributed by atoms with Crippen molar-refractivity contribution in [1.82, 2.24) is 5.32 Å². The van der Waals surface area contributed by atoms with Gasteiger partial charge in [-0.05, 0) is 76.3 Å². The second kappa shape index (κ2) is 8.61. The summed E-state index contributed by atoms with van der Waals surface area (Å²) in [4.78, 5) is 12.6. The molecule has 0 radical (unpaired) electrons. The molecular weight excluding hydrogens is 438 g/mol. The first-order chi connectivity index (χ1) is 14.1. The van der Waals surface area contributed by atoms with Gasteiger partial charge in [-0.15, -0.1) is 0 Å². The van der Waals surface area contributed by atoms with Crippen molar-refractivity contribution in [2.45, 2.75) is 18.9 Å². The van der Waals surface area contributed by atoms with Gasteiger partial charge in [-0.2, -0.15) is 0 Å². The van der Waals surface area contributed by atoms with E-state index >= 15 is 0 Å². The molecule has 0 fully saturated rings. The molecule has 1 aliphatic rings. The molecule has 1 atom stereocenters. The molecule has 0 aliphatic carbocycles. The summed E-state index contributed by atoms with van der Waals surface area (Å²) >= 11 is 3.23. The van der Waals surface area contributed by atoms with Gasteiger partial charge < -0.3 is 23.9 Å². The molecule has 0 unspecified atom stereocenters. The number of ether oxygens (including phenoxy) is 3. The van der Waals surface area contributed by atoms with Gasteiger partial charge in [-0.1, -0.05) is 18.2 Å². The highest BCUT2D eigenvalue weighted by Crippen LogP contribution is 2.33. The lowest BCUT2D eigenvalue weighted by Crippen LogP contribution is -2.38. The van der Waals surface area contributed by atoms with Crippen molar-refractivity contribution in [3.05, 3.63) is 76.2 Å². The van der Waals surface area contributed by atoms with Crippen molar-refractivity contribution < 1.29 is 23.4 Å². The van der Waals surface area contributed by atoms with Crippen LogP contribution in [0.1, 0.15) is 21.7 Å². The summed E-state index contributed by atoms with van der Waals surface area (Å²) in [5.74, 6) is 2.28. The van der Waals surface area contributed by atoms with Crippen molar-refractivity contribution in [2.24, 2.45) is 0 Å². The Kier molecular flexibility index (Phi) is 5.76. The maximum atomic E-state index is 12.6. The van der Waals surface area contributed by atoms with Gasteiger partial charge in [-0.3, -0.25) is 4.79 Å². The quantitative estimate of drug-likeness (QED) is 0.570. The smallest absolute Gasteiger partial charge is 0.287 e. The van der Waals surface area contributed by atoms with E-state index in [1.807, 2.05) is 42.5 Å². The molecule has 0 spiro atoms. The van der Waals surface area contributed by atoms with E-state index in [1.54, 1.807) is 19.2 Å². The first kappa shape index (κ1) is 19.4. The summed E-state index contributed by atoms with van der Waals surface area (Å²) in [6.45, 7) is 0.234. The molecule has 0 bridgehead atoms. The van der Waals surface area contributed by atoms with Crippen LogP contribution < -0.4 is 19.5 Å². The van der Waals surface area contributed by atoms with Crippen LogP contribution in [0, 0.1) is 0 Å². The summed E-state index contributed by atoms with van der Waals surface area (Å²) < 4.78 is 22.0. The fourth-order valence-corrected chi connectivity index (χ4v) is 3.57. The van der Waals surface area contributed by atoms with Crippen LogP contribution in [0.3, 0.4) is 0 Å². The number of methoxy groups -OCH3 is 1. The summed E-state index contributed by atoms with van der Waals surface area (Å²) in [6, 6.07) is 16.9. The number of nitrogens with one attached hydrogen (secondary N) is 1. The number of fused-ring (bicyclic) bond motifs is 1. The maximum absolute atomic E-state index is 12.6. The van der Waals surface area contributed by atoms with Crippen LogP contribution in [-0.2, 0) is 12.8 Å². The Bertz CT molecular complexity index is 999. The Morgan fingerprint density at radius 1 is 1.03 bits per heavy atom. The van der Waals surface area contributed by atoms with Crippen LogP contribution in [0.2, 0.25) is 0 Å². The van der Waals surface area contributed by atoms with Crippen molar-refractivity contribution in [3.8, 4) is 17.2 Å². The number of hydrogen-bond donors (Lipinski definition) is 1. The van der Waals surface area contributed by atoms with Crippen LogP contribution >= 0.6 is 15.9 Å². The number of rotatable bonds is 7. The summed E-state index contributed by atoms with van der Waals surface area (Å²) in [5.41, 5.74) is 2.14. The minimum Gasteiger partial charge on any atom is -0.497 e. The van der Waals surface area contributed by atoms with Crippen molar-refractivity contribution in [2.75, 3.05) is 13.9 Å². The summed E-state index contributed by atoms with van der Waals surface area (Å²) in [7, 11) is 1.64. The van der Waals surface area contributed by atoms with E-state index in [0.29, 0.717) is 17.5 Å². The fraction of sp³-hybridized carbons (Fsp3) is 0.227. The zero-order valence-electron chi connectivity index (χ0n) is 15.8. The Morgan fingerprint density at radius 3 is 2.48 bits per heavy atom. The number of halogens is 1. The average Bonchev–Trinajstić information content (AvgIpc) is 3.37. The van der Waals surface area contributed by atoms with Crippen molar-refractivity contribution >= 4 is 21.8 Å². The first-order valence-electron chi connectivity index (χ1n) is 9.18. The average molecular weight is 458 g/mol. The summed E-state index contributed by atoms with van der Waals surface area (Å²) in [6.07, 6.45) is 1.29. The molecule has 150 valence electrons. The Labute approximate surface area is 176 Å². The molecule has 3 aromatic rings. The van der Waals surface area contributed by atoms with Crippen LogP contribution in [0.5, 0.6) is 17.2 Å². The molecular formula is C22H20BrNO5. The lowest BCUT2D eigenvalue weighted by molar-refractivity contribution is 0.0907. The Hall–Kier alpha value is -2.93. The van der Waals surface area contributed by atoms with Gasteiger partial charge in [-0.25, -0.2) is 0 Å². The molecule has 7 heteroatoms. The standard InChI is InChI=1S/C22H20BrNO5/c1-26-17-5-2-14(3-6-17)10-16(24-22(25)19-8-9-21(23)29-19)11-15-4-7-18-20(12-15)28-13-27-18/h2-9,12,16H,10-11,13H2,1H3,(H,24,25)/t16-/m1/s1. The van der Waals surface area contributed by atoms with E-state index in [4.69, 9.17) is 18.6 Å². The number of carbonyl (C=O) groups excluding carboxylic acids is 1. The van der Waals surface area contributed by atoms with Gasteiger partial charge in [0.25, 0.3) is 5.91 Å². The van der Waals surface area contributed by atoms with Crippen LogP contribution in [0.4, 0.5) is 0 Å². The number of furan rings is 1. The van der Waals surface area contributed by atoms with Gasteiger partial charge in [0.05, 0.1) is 7.11 Å². The molecule has 2 heterocycles. The second-order valence-electron chi connectivity index (χ2n) is 6.72. The predicted molar refractivity (Wildman–Crippen MR) is 111 cm³/mol. The maximum Gasteiger partial charge on any atom is 0.287 e. The number of carbonyl (C=O) groups is 1. The van der Waals surface area contributed by atoms with Crippen LogP contribution in [0.15, 0.2) is 63.7 Å². The highest BCUT2D eigenvalue weighted by molar-refractivity contribution is 9.10.